The van der Waals surface area contributed by atoms with E-state index < -0.39 is 0 Å². The molecule has 0 aromatic carbocycles. The Kier molecular flexibility index (Phi) is 2.16. The lowest BCUT2D eigenvalue weighted by molar-refractivity contribution is 0.642. The van der Waals surface area contributed by atoms with Crippen molar-refractivity contribution in [2.24, 2.45) is 5.73 Å². The minimum absolute atomic E-state index is 0.363. The zero-order chi connectivity index (χ0) is 8.48. The van der Waals surface area contributed by atoms with Gasteiger partial charge in [0.25, 0.3) is 0 Å². The molecule has 60 valence electrons. The van der Waals surface area contributed by atoms with Crippen LogP contribution in [0.25, 0.3) is 0 Å². The topological polar surface area (TPSA) is 26.0 Å². The lowest BCUT2D eigenvalue weighted by Gasteiger charge is -2.18. The average molecular weight is 167 g/mol. The van der Waals surface area contributed by atoms with Crippen LogP contribution in [0.4, 0.5) is 0 Å². The normalized spacial score (nSPS) is 15.9. The van der Waals surface area contributed by atoms with Crippen LogP contribution >= 0.6 is 11.3 Å². The standard InChI is InChI=1S/C9H13NS/c1-4-9(3,10)8-7(2)5-6-11-8/h4-6H,1,10H2,2-3H3. The molecule has 2 N–H and O–H groups in total. The van der Waals surface area contributed by atoms with Gasteiger partial charge in [0, 0.05) is 4.88 Å². The molecular formula is C9H13NS. The van der Waals surface area contributed by atoms with Gasteiger partial charge in [-0.1, -0.05) is 6.08 Å². The summed E-state index contributed by atoms with van der Waals surface area (Å²) in [5.41, 5.74) is 6.86. The summed E-state index contributed by atoms with van der Waals surface area (Å²) in [6.45, 7) is 7.75. The first kappa shape index (κ1) is 8.50. The molecule has 0 radical (unpaired) electrons. The second kappa shape index (κ2) is 2.80. The minimum Gasteiger partial charge on any atom is -0.318 e. The highest BCUT2D eigenvalue weighted by atomic mass is 32.1. The lowest BCUT2D eigenvalue weighted by Crippen LogP contribution is -2.29. The Labute approximate surface area is 71.5 Å². The van der Waals surface area contributed by atoms with Crippen molar-refractivity contribution in [2.75, 3.05) is 0 Å². The first-order chi connectivity index (χ1) is 5.08. The van der Waals surface area contributed by atoms with Gasteiger partial charge < -0.3 is 5.73 Å². The summed E-state index contributed by atoms with van der Waals surface area (Å²) < 4.78 is 0. The van der Waals surface area contributed by atoms with E-state index in [4.69, 9.17) is 5.73 Å². The Hall–Kier alpha value is -0.600. The van der Waals surface area contributed by atoms with Crippen molar-refractivity contribution >= 4 is 11.3 Å². The van der Waals surface area contributed by atoms with Gasteiger partial charge in [0.1, 0.15) is 0 Å². The third-order valence-electron chi connectivity index (χ3n) is 1.78. The van der Waals surface area contributed by atoms with Crippen molar-refractivity contribution in [3.8, 4) is 0 Å². The third-order valence-corrected chi connectivity index (χ3v) is 3.05. The highest BCUT2D eigenvalue weighted by Crippen LogP contribution is 2.27. The maximum absolute atomic E-state index is 5.97. The largest absolute Gasteiger partial charge is 0.318 e. The van der Waals surface area contributed by atoms with Gasteiger partial charge in [-0.25, -0.2) is 0 Å². The van der Waals surface area contributed by atoms with Gasteiger partial charge in [0.2, 0.25) is 0 Å². The summed E-state index contributed by atoms with van der Waals surface area (Å²) in [6, 6.07) is 2.08. The molecule has 0 aliphatic heterocycles. The monoisotopic (exact) mass is 167 g/mol. The summed E-state index contributed by atoms with van der Waals surface area (Å²) in [6.07, 6.45) is 1.78. The maximum atomic E-state index is 5.97. The van der Waals surface area contributed by atoms with E-state index in [0.717, 1.165) is 0 Å². The Morgan fingerprint density at radius 2 is 2.36 bits per heavy atom. The average Bonchev–Trinajstić information content (AvgIpc) is 2.36. The van der Waals surface area contributed by atoms with E-state index in [1.807, 2.05) is 6.92 Å². The quantitative estimate of drug-likeness (QED) is 0.673. The van der Waals surface area contributed by atoms with Crippen molar-refractivity contribution in [1.29, 1.82) is 0 Å². The minimum atomic E-state index is -0.363. The second-order valence-corrected chi connectivity index (χ2v) is 3.84. The van der Waals surface area contributed by atoms with Crippen LogP contribution in [0, 0.1) is 6.92 Å². The molecule has 0 amide bonds. The number of hydrogen-bond acceptors (Lipinski definition) is 2. The van der Waals surface area contributed by atoms with E-state index >= 15 is 0 Å². The maximum Gasteiger partial charge on any atom is 0.0660 e. The summed E-state index contributed by atoms with van der Waals surface area (Å²) in [5, 5.41) is 2.05. The van der Waals surface area contributed by atoms with Crippen LogP contribution in [0.1, 0.15) is 17.4 Å². The number of rotatable bonds is 2. The van der Waals surface area contributed by atoms with E-state index in [0.29, 0.717) is 0 Å². The first-order valence-corrected chi connectivity index (χ1v) is 4.43. The van der Waals surface area contributed by atoms with Crippen LogP contribution in [0.5, 0.6) is 0 Å². The molecule has 11 heavy (non-hydrogen) atoms. The van der Waals surface area contributed by atoms with Crippen molar-refractivity contribution in [2.45, 2.75) is 19.4 Å². The fourth-order valence-corrected chi connectivity index (χ4v) is 2.02. The Morgan fingerprint density at radius 3 is 2.73 bits per heavy atom. The number of nitrogens with two attached hydrogens (primary N) is 1. The van der Waals surface area contributed by atoms with Gasteiger partial charge in [-0.15, -0.1) is 17.9 Å². The molecule has 0 spiro atoms. The fraction of sp³-hybridized carbons (Fsp3) is 0.333. The van der Waals surface area contributed by atoms with Crippen LogP contribution in [0.2, 0.25) is 0 Å². The van der Waals surface area contributed by atoms with Crippen molar-refractivity contribution in [1.82, 2.24) is 0 Å². The zero-order valence-corrected chi connectivity index (χ0v) is 7.74. The van der Waals surface area contributed by atoms with E-state index in [2.05, 4.69) is 24.9 Å². The molecule has 0 aliphatic rings. The fourth-order valence-electron chi connectivity index (χ4n) is 1.02. The van der Waals surface area contributed by atoms with E-state index in [-0.39, 0.29) is 5.54 Å². The molecule has 2 heteroatoms. The molecule has 0 bridgehead atoms. The summed E-state index contributed by atoms with van der Waals surface area (Å²) >= 11 is 1.68. The number of aryl methyl sites for hydroxylation is 1. The molecule has 1 heterocycles. The van der Waals surface area contributed by atoms with E-state index in [9.17, 15) is 0 Å². The molecule has 1 unspecified atom stereocenters. The molecule has 0 fully saturated rings. The van der Waals surface area contributed by atoms with Crippen molar-refractivity contribution in [3.63, 3.8) is 0 Å². The van der Waals surface area contributed by atoms with Crippen LogP contribution < -0.4 is 5.73 Å². The van der Waals surface area contributed by atoms with Crippen LogP contribution in [0.15, 0.2) is 24.1 Å². The zero-order valence-electron chi connectivity index (χ0n) is 6.92. The smallest absolute Gasteiger partial charge is 0.0660 e. The van der Waals surface area contributed by atoms with Gasteiger partial charge in [-0.3, -0.25) is 0 Å². The first-order valence-electron chi connectivity index (χ1n) is 3.55. The molecule has 0 saturated heterocycles. The Bertz CT molecular complexity index is 260. The number of hydrogen-bond donors (Lipinski definition) is 1. The van der Waals surface area contributed by atoms with Crippen molar-refractivity contribution in [3.05, 3.63) is 34.5 Å². The summed E-state index contributed by atoms with van der Waals surface area (Å²) in [4.78, 5) is 1.20. The lowest BCUT2D eigenvalue weighted by atomic mass is 9.99. The molecule has 0 aliphatic carbocycles. The summed E-state index contributed by atoms with van der Waals surface area (Å²) in [5.74, 6) is 0. The molecule has 1 atom stereocenters. The predicted octanol–water partition coefficient (Wildman–Crippen LogP) is 2.42. The highest BCUT2D eigenvalue weighted by Gasteiger charge is 2.19. The molecule has 1 rings (SSSR count). The van der Waals surface area contributed by atoms with Gasteiger partial charge in [-0.2, -0.15) is 0 Å². The SMILES string of the molecule is C=CC(C)(N)c1sccc1C. The summed E-state index contributed by atoms with van der Waals surface area (Å²) in [7, 11) is 0. The second-order valence-electron chi connectivity index (χ2n) is 2.92. The van der Waals surface area contributed by atoms with E-state index in [1.54, 1.807) is 17.4 Å². The van der Waals surface area contributed by atoms with Gasteiger partial charge in [0.05, 0.1) is 5.54 Å². The predicted molar refractivity (Wildman–Crippen MR) is 50.8 cm³/mol. The van der Waals surface area contributed by atoms with Gasteiger partial charge >= 0.3 is 0 Å². The van der Waals surface area contributed by atoms with Crippen LogP contribution in [0.3, 0.4) is 0 Å². The highest BCUT2D eigenvalue weighted by molar-refractivity contribution is 7.10. The molecular weight excluding hydrogens is 154 g/mol. The van der Waals surface area contributed by atoms with Gasteiger partial charge in [-0.05, 0) is 30.9 Å². The van der Waals surface area contributed by atoms with Crippen LogP contribution in [-0.2, 0) is 5.54 Å². The van der Waals surface area contributed by atoms with Gasteiger partial charge in [0.15, 0.2) is 0 Å². The third kappa shape index (κ3) is 1.52. The van der Waals surface area contributed by atoms with E-state index in [1.165, 1.54) is 10.4 Å². The molecule has 1 aromatic rings. The number of thiophene rings is 1. The Morgan fingerprint density at radius 1 is 1.73 bits per heavy atom. The van der Waals surface area contributed by atoms with Crippen molar-refractivity contribution < 1.29 is 0 Å². The molecule has 0 saturated carbocycles. The molecule has 1 nitrogen and oxygen atoms in total. The molecule has 1 aromatic heterocycles. The Balaban J connectivity index is 3.10. The van der Waals surface area contributed by atoms with Crippen LogP contribution in [-0.4, -0.2) is 0 Å².